The van der Waals surface area contributed by atoms with Crippen LogP contribution in [0, 0.1) is 0 Å². The first-order chi connectivity index (χ1) is 13.3. The van der Waals surface area contributed by atoms with Gasteiger partial charge in [0.15, 0.2) is 0 Å². The third-order valence-electron chi connectivity index (χ3n) is 4.53. The highest BCUT2D eigenvalue weighted by molar-refractivity contribution is 7.85. The lowest BCUT2D eigenvalue weighted by atomic mass is 10.1. The first kappa shape index (κ1) is 15.9. The number of aromatic nitrogens is 3. The number of nitrogens with one attached hydrogen (secondary N) is 1. The van der Waals surface area contributed by atoms with Crippen molar-refractivity contribution in [1.29, 1.82) is 0 Å². The second-order valence-electron chi connectivity index (χ2n) is 6.24. The van der Waals surface area contributed by atoms with Gasteiger partial charge in [-0.1, -0.05) is 48.5 Å². The minimum absolute atomic E-state index is 0.448. The topological polar surface area (TPSA) is 58.6 Å². The van der Waals surface area contributed by atoms with Crippen LogP contribution in [0.15, 0.2) is 95.1 Å². The molecule has 2 aromatic heterocycles. The average Bonchev–Trinajstić information content (AvgIpc) is 3.15. The Balaban J connectivity index is 1.63. The van der Waals surface area contributed by atoms with E-state index in [1.807, 2.05) is 66.7 Å². The summed E-state index contributed by atoms with van der Waals surface area (Å²) < 4.78 is 13.3. The van der Waals surface area contributed by atoms with Crippen molar-refractivity contribution in [1.82, 2.24) is 15.0 Å². The number of hydrogen-bond donors (Lipinski definition) is 1. The molecule has 5 aromatic rings. The molecule has 1 atom stereocenters. The molecule has 0 spiro atoms. The molecular formula is C22H15N3OS. The number of pyridine rings is 1. The van der Waals surface area contributed by atoms with Crippen molar-refractivity contribution in [2.24, 2.45) is 0 Å². The maximum absolute atomic E-state index is 13.3. The lowest BCUT2D eigenvalue weighted by Crippen LogP contribution is -1.98. The van der Waals surface area contributed by atoms with E-state index in [1.54, 1.807) is 6.20 Å². The second kappa shape index (κ2) is 6.45. The van der Waals surface area contributed by atoms with Crippen LogP contribution >= 0.6 is 0 Å². The molecule has 5 heteroatoms. The molecule has 0 amide bonds. The summed E-state index contributed by atoms with van der Waals surface area (Å²) in [7, 11) is -1.44. The SMILES string of the molecule is O=S(c1nc2cc3ccccc3cc2[nH]1)c1ccccc1-c1ccccn1. The number of hydrogen-bond acceptors (Lipinski definition) is 3. The van der Waals surface area contributed by atoms with Crippen LogP contribution in [0.4, 0.5) is 0 Å². The highest BCUT2D eigenvalue weighted by Gasteiger charge is 2.17. The zero-order valence-electron chi connectivity index (χ0n) is 14.3. The van der Waals surface area contributed by atoms with Crippen molar-refractivity contribution in [2.75, 3.05) is 0 Å². The molecule has 1 unspecified atom stereocenters. The molecule has 4 nitrogen and oxygen atoms in total. The monoisotopic (exact) mass is 369 g/mol. The average molecular weight is 369 g/mol. The normalized spacial score (nSPS) is 12.4. The molecule has 2 heterocycles. The highest BCUT2D eigenvalue weighted by atomic mass is 32.2. The molecular weight excluding hydrogens is 354 g/mol. The quantitative estimate of drug-likeness (QED) is 0.490. The molecule has 130 valence electrons. The van der Waals surface area contributed by atoms with E-state index in [4.69, 9.17) is 0 Å². The molecule has 0 saturated heterocycles. The number of fused-ring (bicyclic) bond motifs is 2. The van der Waals surface area contributed by atoms with Crippen LogP contribution in [0.2, 0.25) is 0 Å². The van der Waals surface area contributed by atoms with Gasteiger partial charge in [0.2, 0.25) is 5.16 Å². The Morgan fingerprint density at radius 3 is 2.37 bits per heavy atom. The van der Waals surface area contributed by atoms with Gasteiger partial charge in [0.25, 0.3) is 0 Å². The minimum atomic E-state index is -1.44. The van der Waals surface area contributed by atoms with Crippen molar-refractivity contribution < 1.29 is 4.21 Å². The number of nitrogens with zero attached hydrogens (tertiary/aromatic N) is 2. The fourth-order valence-electron chi connectivity index (χ4n) is 3.23. The fraction of sp³-hybridized carbons (Fsp3) is 0. The summed E-state index contributed by atoms with van der Waals surface area (Å²) in [6, 6.07) is 25.5. The molecule has 27 heavy (non-hydrogen) atoms. The van der Waals surface area contributed by atoms with Gasteiger partial charge in [-0.25, -0.2) is 9.19 Å². The summed E-state index contributed by atoms with van der Waals surface area (Å²) >= 11 is 0. The van der Waals surface area contributed by atoms with E-state index in [-0.39, 0.29) is 0 Å². The van der Waals surface area contributed by atoms with Crippen molar-refractivity contribution in [2.45, 2.75) is 10.1 Å². The predicted octanol–water partition coefficient (Wildman–Crippen LogP) is 4.94. The second-order valence-corrected chi connectivity index (χ2v) is 7.60. The van der Waals surface area contributed by atoms with Gasteiger partial charge in [0.05, 0.1) is 21.6 Å². The first-order valence-corrected chi connectivity index (χ1v) is 9.75. The lowest BCUT2D eigenvalue weighted by molar-refractivity contribution is 0.678. The summed E-state index contributed by atoms with van der Waals surface area (Å²) in [4.78, 5) is 12.9. The molecule has 0 aliphatic carbocycles. The molecule has 0 aliphatic rings. The molecule has 5 rings (SSSR count). The number of rotatable bonds is 3. The molecule has 0 bridgehead atoms. The van der Waals surface area contributed by atoms with Crippen molar-refractivity contribution in [3.05, 3.63) is 85.1 Å². The van der Waals surface area contributed by atoms with Gasteiger partial charge in [0.1, 0.15) is 10.8 Å². The van der Waals surface area contributed by atoms with E-state index in [2.05, 4.69) is 27.1 Å². The van der Waals surface area contributed by atoms with Crippen molar-refractivity contribution in [3.8, 4) is 11.3 Å². The van der Waals surface area contributed by atoms with Crippen molar-refractivity contribution >= 4 is 32.6 Å². The Morgan fingerprint density at radius 1 is 0.815 bits per heavy atom. The van der Waals surface area contributed by atoms with E-state index in [0.717, 1.165) is 33.1 Å². The predicted molar refractivity (Wildman–Crippen MR) is 108 cm³/mol. The lowest BCUT2D eigenvalue weighted by Gasteiger charge is -2.07. The van der Waals surface area contributed by atoms with Crippen LogP contribution in [-0.4, -0.2) is 19.2 Å². The van der Waals surface area contributed by atoms with Crippen LogP contribution < -0.4 is 0 Å². The van der Waals surface area contributed by atoms with Gasteiger partial charge < -0.3 is 4.98 Å². The summed E-state index contributed by atoms with van der Waals surface area (Å²) in [5, 5.41) is 2.69. The Bertz CT molecular complexity index is 1240. The Morgan fingerprint density at radius 2 is 1.56 bits per heavy atom. The van der Waals surface area contributed by atoms with Gasteiger partial charge in [-0.05, 0) is 41.1 Å². The summed E-state index contributed by atoms with van der Waals surface area (Å²) in [6.07, 6.45) is 1.74. The maximum Gasteiger partial charge on any atom is 0.202 e. The standard InChI is InChI=1S/C22H15N3OS/c26-27(21-11-4-3-9-17(21)18-10-5-6-12-23-18)22-24-19-13-15-7-1-2-8-16(15)14-20(19)25-22/h1-14H,(H,24,25). The van der Waals surface area contributed by atoms with E-state index in [0.29, 0.717) is 10.1 Å². The van der Waals surface area contributed by atoms with Gasteiger partial charge in [-0.3, -0.25) is 4.98 Å². The number of H-pyrrole nitrogens is 1. The van der Waals surface area contributed by atoms with Gasteiger partial charge in [-0.2, -0.15) is 0 Å². The number of benzene rings is 3. The maximum atomic E-state index is 13.3. The zero-order chi connectivity index (χ0) is 18.2. The molecule has 0 fully saturated rings. The largest absolute Gasteiger partial charge is 0.331 e. The smallest absolute Gasteiger partial charge is 0.202 e. The molecule has 0 saturated carbocycles. The summed E-state index contributed by atoms with van der Waals surface area (Å²) in [5.41, 5.74) is 3.34. The zero-order valence-corrected chi connectivity index (χ0v) is 15.1. The van der Waals surface area contributed by atoms with E-state index < -0.39 is 10.8 Å². The number of aromatic amines is 1. The summed E-state index contributed by atoms with van der Waals surface area (Å²) in [6.45, 7) is 0. The first-order valence-electron chi connectivity index (χ1n) is 8.60. The molecule has 0 aliphatic heterocycles. The minimum Gasteiger partial charge on any atom is -0.331 e. The molecule has 0 radical (unpaired) electrons. The Labute approximate surface area is 158 Å². The fourth-order valence-corrected chi connectivity index (χ4v) is 4.39. The van der Waals surface area contributed by atoms with Crippen LogP contribution in [0.25, 0.3) is 33.1 Å². The van der Waals surface area contributed by atoms with Gasteiger partial charge in [0, 0.05) is 11.8 Å². The third-order valence-corrected chi connectivity index (χ3v) is 5.83. The highest BCUT2D eigenvalue weighted by Crippen LogP contribution is 2.28. The third kappa shape index (κ3) is 2.82. The number of imidazole rings is 1. The van der Waals surface area contributed by atoms with Gasteiger partial charge >= 0.3 is 0 Å². The van der Waals surface area contributed by atoms with E-state index >= 15 is 0 Å². The van der Waals surface area contributed by atoms with Gasteiger partial charge in [-0.15, -0.1) is 0 Å². The molecule has 3 aromatic carbocycles. The van der Waals surface area contributed by atoms with Crippen molar-refractivity contribution in [3.63, 3.8) is 0 Å². The van der Waals surface area contributed by atoms with Crippen LogP contribution in [0.5, 0.6) is 0 Å². The van der Waals surface area contributed by atoms with Crippen LogP contribution in [-0.2, 0) is 10.8 Å². The van der Waals surface area contributed by atoms with E-state index in [1.165, 1.54) is 0 Å². The summed E-state index contributed by atoms with van der Waals surface area (Å²) in [5.74, 6) is 0. The van der Waals surface area contributed by atoms with E-state index in [9.17, 15) is 4.21 Å². The van der Waals surface area contributed by atoms with Crippen LogP contribution in [0.3, 0.4) is 0 Å². The Kier molecular flexibility index (Phi) is 3.80. The molecule has 1 N–H and O–H groups in total. The Hall–Kier alpha value is -3.31. The van der Waals surface area contributed by atoms with Crippen LogP contribution in [0.1, 0.15) is 0 Å².